The highest BCUT2D eigenvalue weighted by Gasteiger charge is 2.44. The second kappa shape index (κ2) is 5.95. The molecule has 2 aliphatic heterocycles. The quantitative estimate of drug-likeness (QED) is 0.834. The van der Waals surface area contributed by atoms with Crippen molar-refractivity contribution in [1.29, 1.82) is 0 Å². The highest BCUT2D eigenvalue weighted by Crippen LogP contribution is 2.37. The fourth-order valence-corrected chi connectivity index (χ4v) is 3.89. The van der Waals surface area contributed by atoms with Gasteiger partial charge in [0.25, 0.3) is 0 Å². The molecule has 5 nitrogen and oxygen atoms in total. The van der Waals surface area contributed by atoms with Crippen LogP contribution in [0.3, 0.4) is 0 Å². The minimum Gasteiger partial charge on any atom is -0.375 e. The summed E-state index contributed by atoms with van der Waals surface area (Å²) in [5, 5.41) is 4.27. The van der Waals surface area contributed by atoms with E-state index in [1.54, 1.807) is 0 Å². The van der Waals surface area contributed by atoms with Crippen LogP contribution in [-0.4, -0.2) is 52.7 Å². The molecule has 0 radical (unpaired) electrons. The maximum absolute atomic E-state index is 6.23. The Morgan fingerprint density at radius 1 is 1.45 bits per heavy atom. The summed E-state index contributed by atoms with van der Waals surface area (Å²) < 4.78 is 14.2. The van der Waals surface area contributed by atoms with Gasteiger partial charge in [0.15, 0.2) is 0 Å². The third-order valence-electron chi connectivity index (χ3n) is 5.22. The van der Waals surface area contributed by atoms with Gasteiger partial charge in [-0.3, -0.25) is 9.58 Å². The SMILES string of the molecule is Cn1cc(CN2CCC[C@]3(C[C@H](OCC4CC4)CO3)C2)cn1. The Labute approximate surface area is 132 Å². The van der Waals surface area contributed by atoms with Gasteiger partial charge in [0.2, 0.25) is 0 Å². The van der Waals surface area contributed by atoms with Crippen LogP contribution in [0, 0.1) is 5.92 Å². The van der Waals surface area contributed by atoms with Crippen LogP contribution in [-0.2, 0) is 23.1 Å². The molecular weight excluding hydrogens is 278 g/mol. The molecule has 0 bridgehead atoms. The van der Waals surface area contributed by atoms with Crippen molar-refractivity contribution in [2.24, 2.45) is 13.0 Å². The average molecular weight is 305 g/mol. The molecule has 5 heteroatoms. The zero-order valence-corrected chi connectivity index (χ0v) is 13.5. The zero-order chi connectivity index (χ0) is 15.0. The van der Waals surface area contributed by atoms with E-state index in [4.69, 9.17) is 9.47 Å². The molecule has 0 aromatic carbocycles. The molecule has 0 amide bonds. The largest absolute Gasteiger partial charge is 0.375 e. The lowest BCUT2D eigenvalue weighted by Crippen LogP contribution is -2.47. The van der Waals surface area contributed by atoms with Crippen molar-refractivity contribution in [1.82, 2.24) is 14.7 Å². The Morgan fingerprint density at radius 2 is 2.36 bits per heavy atom. The predicted molar refractivity (Wildman–Crippen MR) is 83.5 cm³/mol. The lowest BCUT2D eigenvalue weighted by molar-refractivity contribution is -0.0547. The van der Waals surface area contributed by atoms with Gasteiger partial charge in [0, 0.05) is 44.9 Å². The molecule has 0 N–H and O–H groups in total. The zero-order valence-electron chi connectivity index (χ0n) is 13.5. The van der Waals surface area contributed by atoms with Crippen LogP contribution in [0.5, 0.6) is 0 Å². The van der Waals surface area contributed by atoms with Crippen LogP contribution in [0.4, 0.5) is 0 Å². The van der Waals surface area contributed by atoms with Crippen molar-refractivity contribution in [2.45, 2.75) is 50.4 Å². The van der Waals surface area contributed by atoms with Crippen molar-refractivity contribution in [3.63, 3.8) is 0 Å². The lowest BCUT2D eigenvalue weighted by atomic mass is 9.89. The third kappa shape index (κ3) is 3.36. The fourth-order valence-electron chi connectivity index (χ4n) is 3.89. The molecule has 122 valence electrons. The van der Waals surface area contributed by atoms with E-state index in [-0.39, 0.29) is 5.60 Å². The van der Waals surface area contributed by atoms with Crippen LogP contribution in [0.15, 0.2) is 12.4 Å². The number of likely N-dealkylation sites (tertiary alicyclic amines) is 1. The van der Waals surface area contributed by atoms with Crippen LogP contribution in [0.2, 0.25) is 0 Å². The Kier molecular flexibility index (Phi) is 3.96. The van der Waals surface area contributed by atoms with Crippen molar-refractivity contribution < 1.29 is 9.47 Å². The number of aryl methyl sites for hydroxylation is 1. The minimum absolute atomic E-state index is 0.0364. The summed E-state index contributed by atoms with van der Waals surface area (Å²) in [6.45, 7) is 4.91. The van der Waals surface area contributed by atoms with E-state index in [1.807, 2.05) is 17.9 Å². The maximum Gasteiger partial charge on any atom is 0.0836 e. The van der Waals surface area contributed by atoms with Crippen molar-refractivity contribution in [3.05, 3.63) is 18.0 Å². The molecule has 4 rings (SSSR count). The summed E-state index contributed by atoms with van der Waals surface area (Å²) in [5.41, 5.74) is 1.33. The van der Waals surface area contributed by atoms with Gasteiger partial charge in [-0.15, -0.1) is 0 Å². The average Bonchev–Trinajstić information content (AvgIpc) is 3.14. The number of hydrogen-bond acceptors (Lipinski definition) is 4. The van der Waals surface area contributed by atoms with Gasteiger partial charge in [-0.2, -0.15) is 5.10 Å². The molecule has 2 saturated heterocycles. The number of hydrogen-bond donors (Lipinski definition) is 0. The molecule has 1 spiro atoms. The van der Waals surface area contributed by atoms with Gasteiger partial charge < -0.3 is 9.47 Å². The molecule has 3 aliphatic rings. The van der Waals surface area contributed by atoms with Crippen molar-refractivity contribution in [2.75, 3.05) is 26.3 Å². The van der Waals surface area contributed by atoms with Crippen molar-refractivity contribution >= 4 is 0 Å². The molecule has 1 saturated carbocycles. The van der Waals surface area contributed by atoms with Crippen LogP contribution in [0.25, 0.3) is 0 Å². The molecule has 2 atom stereocenters. The van der Waals surface area contributed by atoms with E-state index in [2.05, 4.69) is 16.2 Å². The van der Waals surface area contributed by atoms with Gasteiger partial charge in [0.05, 0.1) is 24.5 Å². The summed E-state index contributed by atoms with van der Waals surface area (Å²) in [4.78, 5) is 2.52. The lowest BCUT2D eigenvalue weighted by Gasteiger charge is -2.39. The number of rotatable bonds is 5. The summed E-state index contributed by atoms with van der Waals surface area (Å²) in [6.07, 6.45) is 10.6. The molecule has 1 aromatic rings. The summed E-state index contributed by atoms with van der Waals surface area (Å²) in [5.74, 6) is 0.838. The van der Waals surface area contributed by atoms with Gasteiger partial charge in [-0.05, 0) is 38.1 Å². The van der Waals surface area contributed by atoms with E-state index in [9.17, 15) is 0 Å². The number of nitrogens with zero attached hydrogens (tertiary/aromatic N) is 3. The topological polar surface area (TPSA) is 39.5 Å². The molecule has 1 aromatic heterocycles. The first-order valence-electron chi connectivity index (χ1n) is 8.66. The highest BCUT2D eigenvalue weighted by molar-refractivity contribution is 5.05. The molecule has 1 aliphatic carbocycles. The molecule has 3 heterocycles. The minimum atomic E-state index is 0.0364. The first-order valence-corrected chi connectivity index (χ1v) is 8.66. The Bertz CT molecular complexity index is 514. The molecule has 22 heavy (non-hydrogen) atoms. The Balaban J connectivity index is 1.32. The van der Waals surface area contributed by atoms with Crippen LogP contribution < -0.4 is 0 Å². The maximum atomic E-state index is 6.23. The van der Waals surface area contributed by atoms with Crippen LogP contribution >= 0.6 is 0 Å². The van der Waals surface area contributed by atoms with Gasteiger partial charge >= 0.3 is 0 Å². The smallest absolute Gasteiger partial charge is 0.0836 e. The van der Waals surface area contributed by atoms with E-state index in [1.165, 1.54) is 31.2 Å². The Hall–Kier alpha value is -0.910. The first-order chi connectivity index (χ1) is 10.7. The first kappa shape index (κ1) is 14.7. The number of ether oxygens (including phenoxy) is 2. The van der Waals surface area contributed by atoms with Crippen molar-refractivity contribution in [3.8, 4) is 0 Å². The van der Waals surface area contributed by atoms with Gasteiger partial charge in [0.1, 0.15) is 0 Å². The third-order valence-corrected chi connectivity index (χ3v) is 5.22. The summed E-state index contributed by atoms with van der Waals surface area (Å²) in [7, 11) is 1.98. The number of piperidine rings is 1. The van der Waals surface area contributed by atoms with E-state index < -0.39 is 0 Å². The fraction of sp³-hybridized carbons (Fsp3) is 0.824. The highest BCUT2D eigenvalue weighted by atomic mass is 16.6. The molecule has 0 unspecified atom stereocenters. The van der Waals surface area contributed by atoms with E-state index >= 15 is 0 Å². The molecule has 3 fully saturated rings. The molecular formula is C17H27N3O2. The van der Waals surface area contributed by atoms with Gasteiger partial charge in [-0.25, -0.2) is 0 Å². The normalized spacial score (nSPS) is 32.9. The van der Waals surface area contributed by atoms with Gasteiger partial charge in [-0.1, -0.05) is 0 Å². The summed E-state index contributed by atoms with van der Waals surface area (Å²) in [6, 6.07) is 0. The predicted octanol–water partition coefficient (Wildman–Crippen LogP) is 1.97. The van der Waals surface area contributed by atoms with Crippen LogP contribution in [0.1, 0.15) is 37.7 Å². The van der Waals surface area contributed by atoms with E-state index in [0.29, 0.717) is 6.10 Å². The standard InChI is InChI=1S/C17H27N3O2/c1-19-9-15(8-18-19)10-20-6-2-5-17(13-20)7-16(12-22-17)21-11-14-3-4-14/h8-9,14,16H,2-7,10-13H2,1H3/t16-,17-/m0/s1. The number of aromatic nitrogens is 2. The monoisotopic (exact) mass is 305 g/mol. The second-order valence-corrected chi connectivity index (χ2v) is 7.43. The van der Waals surface area contributed by atoms with E-state index in [0.717, 1.165) is 45.2 Å². The Morgan fingerprint density at radius 3 is 3.14 bits per heavy atom. The summed E-state index contributed by atoms with van der Waals surface area (Å²) >= 11 is 0. The second-order valence-electron chi connectivity index (χ2n) is 7.43.